The second kappa shape index (κ2) is 8.31. The summed E-state index contributed by atoms with van der Waals surface area (Å²) in [7, 11) is 0. The van der Waals surface area contributed by atoms with Crippen LogP contribution in [0.3, 0.4) is 0 Å². The first-order chi connectivity index (χ1) is 12.4. The SMILES string of the molecule is CC(C)(C)c1nc(OC(=O)N2CCNCC2)ncc1CN1CCCCC1. The monoisotopic (exact) mass is 361 g/mol. The van der Waals surface area contributed by atoms with Crippen LogP contribution in [0.2, 0.25) is 0 Å². The average Bonchev–Trinajstić information content (AvgIpc) is 2.63. The molecule has 1 aromatic rings. The van der Waals surface area contributed by atoms with Crippen LogP contribution in [0.15, 0.2) is 6.20 Å². The van der Waals surface area contributed by atoms with E-state index in [0.29, 0.717) is 13.1 Å². The summed E-state index contributed by atoms with van der Waals surface area (Å²) in [4.78, 5) is 25.4. The Bertz CT molecular complexity index is 617. The van der Waals surface area contributed by atoms with Gasteiger partial charge in [0, 0.05) is 49.9 Å². The molecule has 144 valence electrons. The molecule has 2 fully saturated rings. The van der Waals surface area contributed by atoms with Gasteiger partial charge in [-0.05, 0) is 25.9 Å². The first kappa shape index (κ1) is 19.0. The van der Waals surface area contributed by atoms with Crippen LogP contribution in [0.1, 0.15) is 51.3 Å². The highest BCUT2D eigenvalue weighted by Crippen LogP contribution is 2.27. The van der Waals surface area contributed by atoms with Gasteiger partial charge in [-0.3, -0.25) is 4.90 Å². The Morgan fingerprint density at radius 1 is 1.15 bits per heavy atom. The molecule has 0 radical (unpaired) electrons. The number of carbonyl (C=O) groups is 1. The minimum absolute atomic E-state index is 0.135. The molecule has 2 aliphatic heterocycles. The van der Waals surface area contributed by atoms with E-state index >= 15 is 0 Å². The van der Waals surface area contributed by atoms with E-state index in [0.717, 1.165) is 44.0 Å². The molecule has 2 saturated heterocycles. The molecule has 1 aromatic heterocycles. The van der Waals surface area contributed by atoms with Crippen LogP contribution in [0.25, 0.3) is 0 Å². The number of nitrogens with zero attached hydrogens (tertiary/aromatic N) is 4. The lowest BCUT2D eigenvalue weighted by Crippen LogP contribution is -2.47. The maximum Gasteiger partial charge on any atom is 0.417 e. The predicted octanol–water partition coefficient (Wildman–Crippen LogP) is 2.16. The Balaban J connectivity index is 1.74. The molecule has 0 aliphatic carbocycles. The van der Waals surface area contributed by atoms with E-state index in [1.807, 2.05) is 6.20 Å². The number of piperazine rings is 1. The van der Waals surface area contributed by atoms with E-state index in [-0.39, 0.29) is 17.5 Å². The minimum atomic E-state index is -0.366. The summed E-state index contributed by atoms with van der Waals surface area (Å²) < 4.78 is 5.46. The summed E-state index contributed by atoms with van der Waals surface area (Å²) in [6.45, 7) is 12.4. The van der Waals surface area contributed by atoms with Crippen molar-refractivity contribution in [2.45, 2.75) is 52.0 Å². The lowest BCUT2D eigenvalue weighted by atomic mass is 9.88. The Kier molecular flexibility index (Phi) is 6.09. The van der Waals surface area contributed by atoms with Crippen molar-refractivity contribution in [1.82, 2.24) is 25.1 Å². The zero-order chi connectivity index (χ0) is 18.6. The number of nitrogens with one attached hydrogen (secondary N) is 1. The van der Waals surface area contributed by atoms with Gasteiger partial charge in [0.2, 0.25) is 0 Å². The predicted molar refractivity (Wildman–Crippen MR) is 100 cm³/mol. The van der Waals surface area contributed by atoms with E-state index < -0.39 is 0 Å². The Labute approximate surface area is 156 Å². The van der Waals surface area contributed by atoms with Crippen LogP contribution in [0.4, 0.5) is 4.79 Å². The second-order valence-corrected chi connectivity index (χ2v) is 8.22. The molecule has 0 bridgehead atoms. The molecule has 0 unspecified atom stereocenters. The summed E-state index contributed by atoms with van der Waals surface area (Å²) >= 11 is 0. The highest BCUT2D eigenvalue weighted by Gasteiger charge is 2.25. The van der Waals surface area contributed by atoms with Gasteiger partial charge in [0.05, 0.1) is 5.69 Å². The zero-order valence-electron chi connectivity index (χ0n) is 16.3. The molecule has 0 atom stereocenters. The molecule has 3 rings (SSSR count). The van der Waals surface area contributed by atoms with E-state index in [1.165, 1.54) is 19.3 Å². The van der Waals surface area contributed by atoms with Gasteiger partial charge in [-0.25, -0.2) is 9.78 Å². The van der Waals surface area contributed by atoms with Crippen LogP contribution in [0, 0.1) is 0 Å². The normalized spacial score (nSPS) is 19.4. The maximum absolute atomic E-state index is 12.3. The van der Waals surface area contributed by atoms with Gasteiger partial charge >= 0.3 is 12.1 Å². The summed E-state index contributed by atoms with van der Waals surface area (Å²) in [5.41, 5.74) is 1.95. The van der Waals surface area contributed by atoms with Crippen molar-refractivity contribution in [3.05, 3.63) is 17.5 Å². The highest BCUT2D eigenvalue weighted by molar-refractivity contribution is 5.69. The number of rotatable bonds is 3. The molecular weight excluding hydrogens is 330 g/mol. The first-order valence-corrected chi connectivity index (χ1v) is 9.70. The lowest BCUT2D eigenvalue weighted by Gasteiger charge is -2.29. The average molecular weight is 361 g/mol. The largest absolute Gasteiger partial charge is 0.417 e. The van der Waals surface area contributed by atoms with Gasteiger partial charge in [0.25, 0.3) is 0 Å². The van der Waals surface area contributed by atoms with Crippen LogP contribution >= 0.6 is 0 Å². The Morgan fingerprint density at radius 3 is 2.50 bits per heavy atom. The standard InChI is InChI=1S/C19H31N5O2/c1-19(2,3)16-15(14-23-9-5-4-6-10-23)13-21-17(22-16)26-18(25)24-11-7-20-8-12-24/h13,20H,4-12,14H2,1-3H3. The van der Waals surface area contributed by atoms with Gasteiger partial charge in [-0.15, -0.1) is 0 Å². The number of hydrogen-bond donors (Lipinski definition) is 1. The van der Waals surface area contributed by atoms with Crippen molar-refractivity contribution in [1.29, 1.82) is 0 Å². The number of hydrogen-bond acceptors (Lipinski definition) is 6. The van der Waals surface area contributed by atoms with E-state index in [1.54, 1.807) is 4.90 Å². The van der Waals surface area contributed by atoms with E-state index in [4.69, 9.17) is 4.74 Å². The summed E-state index contributed by atoms with van der Waals surface area (Å²) in [6.07, 6.45) is 5.30. The van der Waals surface area contributed by atoms with E-state index in [9.17, 15) is 4.79 Å². The molecule has 7 nitrogen and oxygen atoms in total. The maximum atomic E-state index is 12.3. The fourth-order valence-corrected chi connectivity index (χ4v) is 3.55. The van der Waals surface area contributed by atoms with Gasteiger partial charge in [-0.2, -0.15) is 4.98 Å². The fraction of sp³-hybridized carbons (Fsp3) is 0.737. The number of likely N-dealkylation sites (tertiary alicyclic amines) is 1. The molecule has 2 aliphatic rings. The Hall–Kier alpha value is -1.73. The molecule has 26 heavy (non-hydrogen) atoms. The van der Waals surface area contributed by atoms with Crippen molar-refractivity contribution in [3.8, 4) is 6.01 Å². The van der Waals surface area contributed by atoms with Crippen molar-refractivity contribution in [3.63, 3.8) is 0 Å². The third-order valence-corrected chi connectivity index (χ3v) is 4.95. The van der Waals surface area contributed by atoms with Crippen molar-refractivity contribution in [2.24, 2.45) is 0 Å². The van der Waals surface area contributed by atoms with E-state index in [2.05, 4.69) is 41.0 Å². The van der Waals surface area contributed by atoms with Crippen molar-refractivity contribution in [2.75, 3.05) is 39.3 Å². The van der Waals surface area contributed by atoms with Crippen LogP contribution in [0.5, 0.6) is 6.01 Å². The fourth-order valence-electron chi connectivity index (χ4n) is 3.55. The zero-order valence-corrected chi connectivity index (χ0v) is 16.3. The second-order valence-electron chi connectivity index (χ2n) is 8.22. The highest BCUT2D eigenvalue weighted by atomic mass is 16.6. The lowest BCUT2D eigenvalue weighted by molar-refractivity contribution is 0.142. The van der Waals surface area contributed by atoms with Crippen LogP contribution in [-0.4, -0.2) is 65.1 Å². The summed E-state index contributed by atoms with van der Waals surface area (Å²) in [5, 5.41) is 3.22. The third-order valence-electron chi connectivity index (χ3n) is 4.95. The van der Waals surface area contributed by atoms with Gasteiger partial charge < -0.3 is 15.0 Å². The number of amides is 1. The molecule has 1 amide bonds. The number of ether oxygens (including phenoxy) is 1. The number of piperidine rings is 1. The molecule has 3 heterocycles. The molecule has 0 aromatic carbocycles. The smallest absolute Gasteiger partial charge is 0.374 e. The van der Waals surface area contributed by atoms with Crippen molar-refractivity contribution < 1.29 is 9.53 Å². The molecule has 1 N–H and O–H groups in total. The third kappa shape index (κ3) is 4.92. The summed E-state index contributed by atoms with van der Waals surface area (Å²) in [6, 6.07) is 0.154. The van der Waals surface area contributed by atoms with Crippen molar-refractivity contribution >= 4 is 6.09 Å². The molecule has 0 spiro atoms. The van der Waals surface area contributed by atoms with Gasteiger partial charge in [0.15, 0.2) is 0 Å². The van der Waals surface area contributed by atoms with Gasteiger partial charge in [0.1, 0.15) is 0 Å². The van der Waals surface area contributed by atoms with Crippen LogP contribution in [-0.2, 0) is 12.0 Å². The quantitative estimate of drug-likeness (QED) is 0.890. The molecule has 7 heteroatoms. The minimum Gasteiger partial charge on any atom is -0.374 e. The molecule has 0 saturated carbocycles. The summed E-state index contributed by atoms with van der Waals surface area (Å²) in [5.74, 6) is 0. The van der Waals surface area contributed by atoms with Gasteiger partial charge in [-0.1, -0.05) is 27.2 Å². The first-order valence-electron chi connectivity index (χ1n) is 9.70. The Morgan fingerprint density at radius 2 is 1.85 bits per heavy atom. The van der Waals surface area contributed by atoms with Crippen LogP contribution < -0.4 is 10.1 Å². The topological polar surface area (TPSA) is 70.6 Å². The number of aromatic nitrogens is 2. The number of carbonyl (C=O) groups excluding carboxylic acids is 1. The molecular formula is C19H31N5O2.